The molecule has 90 valence electrons. The highest BCUT2D eigenvalue weighted by atomic mass is 79.9. The summed E-state index contributed by atoms with van der Waals surface area (Å²) in [5.41, 5.74) is 0.875. The Kier molecular flexibility index (Phi) is 4.24. The van der Waals surface area contributed by atoms with Crippen LogP contribution in [0.5, 0.6) is 0 Å². The molecule has 6 heteroatoms. The molecule has 1 aromatic heterocycles. The van der Waals surface area contributed by atoms with E-state index in [1.807, 2.05) is 24.3 Å². The van der Waals surface area contributed by atoms with Gasteiger partial charge in [-0.3, -0.25) is 0 Å². The van der Waals surface area contributed by atoms with E-state index in [0.717, 1.165) is 10.0 Å². The van der Waals surface area contributed by atoms with Gasteiger partial charge in [-0.25, -0.2) is 0 Å². The van der Waals surface area contributed by atoms with E-state index in [2.05, 4.69) is 31.4 Å². The highest BCUT2D eigenvalue weighted by molar-refractivity contribution is 9.10. The van der Waals surface area contributed by atoms with Crippen LogP contribution in [0.1, 0.15) is 5.89 Å². The minimum Gasteiger partial charge on any atom is -0.419 e. The normalized spacial score (nSPS) is 10.7. The molecule has 1 aromatic carbocycles. The molecule has 0 radical (unpaired) electrons. The lowest BCUT2D eigenvalue weighted by atomic mass is 10.2. The quantitative estimate of drug-likeness (QED) is 0.820. The Morgan fingerprint density at radius 2 is 2.24 bits per heavy atom. The van der Waals surface area contributed by atoms with E-state index in [9.17, 15) is 0 Å². The van der Waals surface area contributed by atoms with E-state index in [0.29, 0.717) is 24.9 Å². The Labute approximate surface area is 107 Å². The maximum atomic E-state index is 8.62. The molecule has 0 spiro atoms. The van der Waals surface area contributed by atoms with E-state index in [4.69, 9.17) is 9.52 Å². The predicted octanol–water partition coefficient (Wildman–Crippen LogP) is 1.58. The summed E-state index contributed by atoms with van der Waals surface area (Å²) < 4.78 is 6.45. The molecule has 2 rings (SSSR count). The van der Waals surface area contributed by atoms with Gasteiger partial charge in [-0.2, -0.15) is 0 Å². The monoisotopic (exact) mass is 297 g/mol. The van der Waals surface area contributed by atoms with Gasteiger partial charge in [-0.15, -0.1) is 10.2 Å². The topological polar surface area (TPSA) is 71.2 Å². The zero-order valence-electron chi connectivity index (χ0n) is 9.06. The summed E-state index contributed by atoms with van der Waals surface area (Å²) in [7, 11) is 0. The Hall–Kier alpha value is -1.24. The average molecular weight is 298 g/mol. The largest absolute Gasteiger partial charge is 0.419 e. The number of rotatable bonds is 5. The molecular weight excluding hydrogens is 286 g/mol. The fourth-order valence-corrected chi connectivity index (χ4v) is 1.74. The molecule has 0 aliphatic carbocycles. The van der Waals surface area contributed by atoms with Crippen LogP contribution in [0.4, 0.5) is 0 Å². The number of halogens is 1. The van der Waals surface area contributed by atoms with E-state index in [1.165, 1.54) is 0 Å². The fourth-order valence-electron chi connectivity index (χ4n) is 1.34. The highest BCUT2D eigenvalue weighted by Crippen LogP contribution is 2.21. The van der Waals surface area contributed by atoms with Crippen molar-refractivity contribution in [1.29, 1.82) is 0 Å². The van der Waals surface area contributed by atoms with E-state index < -0.39 is 0 Å². The Balaban J connectivity index is 2.07. The minimum atomic E-state index is 0.0899. The number of hydrogen-bond donors (Lipinski definition) is 2. The third-order valence-corrected chi connectivity index (χ3v) is 2.60. The molecule has 0 atom stereocenters. The second kappa shape index (κ2) is 5.90. The predicted molar refractivity (Wildman–Crippen MR) is 66.2 cm³/mol. The second-order valence-corrected chi connectivity index (χ2v) is 4.33. The lowest BCUT2D eigenvalue weighted by molar-refractivity contribution is 0.289. The van der Waals surface area contributed by atoms with Crippen molar-refractivity contribution in [2.45, 2.75) is 6.54 Å². The molecule has 2 aromatic rings. The van der Waals surface area contributed by atoms with Gasteiger partial charge in [0.15, 0.2) is 0 Å². The van der Waals surface area contributed by atoms with Gasteiger partial charge in [0.2, 0.25) is 11.8 Å². The van der Waals surface area contributed by atoms with Gasteiger partial charge in [0, 0.05) is 16.6 Å². The van der Waals surface area contributed by atoms with Crippen LogP contribution < -0.4 is 5.32 Å². The van der Waals surface area contributed by atoms with Crippen molar-refractivity contribution in [3.8, 4) is 11.5 Å². The first-order chi connectivity index (χ1) is 8.29. The van der Waals surface area contributed by atoms with Crippen molar-refractivity contribution in [3.05, 3.63) is 34.6 Å². The Morgan fingerprint density at radius 1 is 1.35 bits per heavy atom. The lowest BCUT2D eigenvalue weighted by Crippen LogP contribution is -2.17. The number of aromatic nitrogens is 2. The number of benzene rings is 1. The number of nitrogens with one attached hydrogen (secondary N) is 1. The molecule has 0 saturated heterocycles. The molecule has 0 fully saturated rings. The van der Waals surface area contributed by atoms with Gasteiger partial charge in [0.05, 0.1) is 13.2 Å². The maximum Gasteiger partial charge on any atom is 0.247 e. The molecule has 17 heavy (non-hydrogen) atoms. The van der Waals surface area contributed by atoms with Crippen molar-refractivity contribution in [3.63, 3.8) is 0 Å². The molecular formula is C11H12BrN3O2. The van der Waals surface area contributed by atoms with Crippen LogP contribution in [0.2, 0.25) is 0 Å². The van der Waals surface area contributed by atoms with Crippen LogP contribution in [-0.4, -0.2) is 28.5 Å². The summed E-state index contributed by atoms with van der Waals surface area (Å²) >= 11 is 3.39. The molecule has 0 unspecified atom stereocenters. The SMILES string of the molecule is OCCNCc1nnc(-c2cccc(Br)c2)o1. The fraction of sp³-hybridized carbons (Fsp3) is 0.273. The number of aliphatic hydroxyl groups is 1. The summed E-state index contributed by atoms with van der Waals surface area (Å²) in [5.74, 6) is 1.00. The number of hydrogen-bond acceptors (Lipinski definition) is 5. The third kappa shape index (κ3) is 3.36. The number of aliphatic hydroxyl groups excluding tert-OH is 1. The summed E-state index contributed by atoms with van der Waals surface area (Å²) in [6.07, 6.45) is 0. The minimum absolute atomic E-state index is 0.0899. The van der Waals surface area contributed by atoms with Crippen molar-refractivity contribution >= 4 is 15.9 Å². The summed E-state index contributed by atoms with van der Waals surface area (Å²) in [6.45, 7) is 1.06. The van der Waals surface area contributed by atoms with E-state index in [-0.39, 0.29) is 6.61 Å². The van der Waals surface area contributed by atoms with Crippen LogP contribution in [0, 0.1) is 0 Å². The molecule has 0 aliphatic rings. The van der Waals surface area contributed by atoms with Crippen LogP contribution in [0.15, 0.2) is 33.2 Å². The van der Waals surface area contributed by atoms with Crippen molar-refractivity contribution in [2.75, 3.05) is 13.2 Å². The van der Waals surface area contributed by atoms with Crippen LogP contribution in [-0.2, 0) is 6.54 Å². The molecule has 1 heterocycles. The Bertz CT molecular complexity index is 487. The van der Waals surface area contributed by atoms with Gasteiger partial charge in [-0.1, -0.05) is 22.0 Å². The van der Waals surface area contributed by atoms with Crippen LogP contribution in [0.3, 0.4) is 0 Å². The summed E-state index contributed by atoms with van der Waals surface area (Å²) in [6, 6.07) is 7.67. The molecule has 0 bridgehead atoms. The second-order valence-electron chi connectivity index (χ2n) is 3.41. The standard InChI is InChI=1S/C11H12BrN3O2/c12-9-3-1-2-8(6-9)11-15-14-10(17-11)7-13-4-5-16/h1-3,6,13,16H,4-5,7H2. The third-order valence-electron chi connectivity index (χ3n) is 2.10. The first kappa shape index (κ1) is 12.2. The number of nitrogens with zero attached hydrogens (tertiary/aromatic N) is 2. The summed E-state index contributed by atoms with van der Waals surface area (Å²) in [5, 5.41) is 19.5. The van der Waals surface area contributed by atoms with Gasteiger partial charge in [0.1, 0.15) is 0 Å². The molecule has 0 saturated carbocycles. The summed E-state index contributed by atoms with van der Waals surface area (Å²) in [4.78, 5) is 0. The lowest BCUT2D eigenvalue weighted by Gasteiger charge is -1.97. The van der Waals surface area contributed by atoms with E-state index >= 15 is 0 Å². The molecule has 0 amide bonds. The molecule has 5 nitrogen and oxygen atoms in total. The van der Waals surface area contributed by atoms with Gasteiger partial charge in [0.25, 0.3) is 0 Å². The van der Waals surface area contributed by atoms with Crippen LogP contribution >= 0.6 is 15.9 Å². The molecule has 2 N–H and O–H groups in total. The van der Waals surface area contributed by atoms with Crippen molar-refractivity contribution in [2.24, 2.45) is 0 Å². The maximum absolute atomic E-state index is 8.62. The van der Waals surface area contributed by atoms with Crippen LogP contribution in [0.25, 0.3) is 11.5 Å². The van der Waals surface area contributed by atoms with Gasteiger partial charge in [-0.05, 0) is 18.2 Å². The van der Waals surface area contributed by atoms with E-state index in [1.54, 1.807) is 0 Å². The average Bonchev–Trinajstić information content (AvgIpc) is 2.78. The van der Waals surface area contributed by atoms with Gasteiger partial charge >= 0.3 is 0 Å². The Morgan fingerprint density at radius 3 is 3.00 bits per heavy atom. The molecule has 0 aliphatic heterocycles. The smallest absolute Gasteiger partial charge is 0.247 e. The first-order valence-corrected chi connectivity index (χ1v) is 5.99. The van der Waals surface area contributed by atoms with Gasteiger partial charge < -0.3 is 14.8 Å². The zero-order chi connectivity index (χ0) is 12.1. The van der Waals surface area contributed by atoms with Crippen molar-refractivity contribution < 1.29 is 9.52 Å². The zero-order valence-corrected chi connectivity index (χ0v) is 10.6. The first-order valence-electron chi connectivity index (χ1n) is 5.19. The van der Waals surface area contributed by atoms with Crippen molar-refractivity contribution in [1.82, 2.24) is 15.5 Å². The highest BCUT2D eigenvalue weighted by Gasteiger charge is 2.08.